The summed E-state index contributed by atoms with van der Waals surface area (Å²) in [5.41, 5.74) is 2.39. The lowest BCUT2D eigenvalue weighted by molar-refractivity contribution is 0.369. The third-order valence-electron chi connectivity index (χ3n) is 3.29. The Morgan fingerprint density at radius 3 is 2.71 bits per heavy atom. The zero-order chi connectivity index (χ0) is 9.71. The predicted molar refractivity (Wildman–Crippen MR) is 56.6 cm³/mol. The molecule has 0 saturated carbocycles. The van der Waals surface area contributed by atoms with Crippen molar-refractivity contribution < 1.29 is 5.11 Å². The predicted octanol–water partition coefficient (Wildman–Crippen LogP) is 3.53. The van der Waals surface area contributed by atoms with Crippen LogP contribution in [0.3, 0.4) is 0 Å². The molecule has 14 heavy (non-hydrogen) atoms. The summed E-state index contributed by atoms with van der Waals surface area (Å²) in [7, 11) is 0. The van der Waals surface area contributed by atoms with Crippen molar-refractivity contribution >= 4 is 11.6 Å². The number of hydrogen-bond donors (Lipinski definition) is 1. The summed E-state index contributed by atoms with van der Waals surface area (Å²) in [5, 5.41) is 9.80. The summed E-state index contributed by atoms with van der Waals surface area (Å²) >= 11 is 6.35. The number of halogens is 1. The lowest BCUT2D eigenvalue weighted by Gasteiger charge is -2.27. The van der Waals surface area contributed by atoms with Gasteiger partial charge in [-0.15, -0.1) is 11.6 Å². The first-order chi connectivity index (χ1) is 6.77. The Morgan fingerprint density at radius 2 is 1.93 bits per heavy atom. The maximum atomic E-state index is 9.77. The van der Waals surface area contributed by atoms with Gasteiger partial charge in [-0.05, 0) is 23.6 Å². The fourth-order valence-corrected chi connectivity index (χ4v) is 2.97. The van der Waals surface area contributed by atoms with Gasteiger partial charge < -0.3 is 5.11 Å². The van der Waals surface area contributed by atoms with E-state index in [1.807, 2.05) is 18.2 Å². The normalized spacial score (nSPS) is 33.8. The van der Waals surface area contributed by atoms with Gasteiger partial charge in [0.05, 0.1) is 11.1 Å². The molecule has 1 aromatic carbocycles. The number of fused-ring (bicyclic) bond motifs is 4. The van der Waals surface area contributed by atoms with Gasteiger partial charge in [-0.1, -0.05) is 24.3 Å². The van der Waals surface area contributed by atoms with E-state index in [9.17, 15) is 5.11 Å². The van der Waals surface area contributed by atoms with Crippen molar-refractivity contribution in [2.24, 2.45) is 5.92 Å². The Bertz CT molecular complexity index is 411. The molecule has 2 aliphatic rings. The maximum absolute atomic E-state index is 9.77. The number of aliphatic hydroxyl groups is 1. The monoisotopic (exact) mass is 206 g/mol. The minimum absolute atomic E-state index is 0.0344. The Kier molecular flexibility index (Phi) is 1.65. The van der Waals surface area contributed by atoms with Crippen molar-refractivity contribution in [2.75, 3.05) is 0 Å². The van der Waals surface area contributed by atoms with Gasteiger partial charge in [-0.2, -0.15) is 0 Å². The highest BCUT2D eigenvalue weighted by Crippen LogP contribution is 2.51. The fourth-order valence-electron chi connectivity index (χ4n) is 2.60. The highest BCUT2D eigenvalue weighted by molar-refractivity contribution is 6.21. The van der Waals surface area contributed by atoms with E-state index in [2.05, 4.69) is 12.1 Å². The second-order valence-corrected chi connectivity index (χ2v) is 4.54. The molecule has 2 aliphatic carbocycles. The number of allylic oxidation sites excluding steroid dienone is 2. The molecular formula is C12H11ClO. The van der Waals surface area contributed by atoms with Crippen LogP contribution in [0, 0.1) is 5.92 Å². The van der Waals surface area contributed by atoms with E-state index < -0.39 is 0 Å². The topological polar surface area (TPSA) is 20.2 Å². The summed E-state index contributed by atoms with van der Waals surface area (Å²) < 4.78 is 0. The largest absolute Gasteiger partial charge is 0.512 e. The van der Waals surface area contributed by atoms with Crippen LogP contribution in [0.4, 0.5) is 0 Å². The zero-order valence-corrected chi connectivity index (χ0v) is 8.41. The second-order valence-electron chi connectivity index (χ2n) is 4.07. The van der Waals surface area contributed by atoms with Gasteiger partial charge in [0.2, 0.25) is 0 Å². The molecule has 3 rings (SSSR count). The molecule has 0 heterocycles. The van der Waals surface area contributed by atoms with Crippen LogP contribution in [0.2, 0.25) is 0 Å². The van der Waals surface area contributed by atoms with Gasteiger partial charge in [-0.25, -0.2) is 0 Å². The molecule has 3 unspecified atom stereocenters. The van der Waals surface area contributed by atoms with Gasteiger partial charge in [0.15, 0.2) is 0 Å². The lowest BCUT2D eigenvalue weighted by Crippen LogP contribution is -2.14. The van der Waals surface area contributed by atoms with Crippen LogP contribution in [0.5, 0.6) is 0 Å². The molecule has 0 aliphatic heterocycles. The quantitative estimate of drug-likeness (QED) is 0.644. The van der Waals surface area contributed by atoms with Crippen LogP contribution >= 0.6 is 11.6 Å². The van der Waals surface area contributed by atoms with Gasteiger partial charge in [0.25, 0.3) is 0 Å². The molecule has 3 atom stereocenters. The van der Waals surface area contributed by atoms with Crippen molar-refractivity contribution in [3.63, 3.8) is 0 Å². The number of benzene rings is 1. The van der Waals surface area contributed by atoms with E-state index in [1.165, 1.54) is 11.1 Å². The summed E-state index contributed by atoms with van der Waals surface area (Å²) in [6.07, 6.45) is 2.89. The van der Waals surface area contributed by atoms with Crippen LogP contribution in [-0.4, -0.2) is 5.11 Å². The van der Waals surface area contributed by atoms with Gasteiger partial charge in [0.1, 0.15) is 0 Å². The molecule has 1 nitrogen and oxygen atoms in total. The molecule has 0 saturated heterocycles. The van der Waals surface area contributed by atoms with E-state index in [1.54, 1.807) is 0 Å². The molecule has 2 heteroatoms. The summed E-state index contributed by atoms with van der Waals surface area (Å²) in [6.45, 7) is 0. The minimum Gasteiger partial charge on any atom is -0.512 e. The molecular weight excluding hydrogens is 196 g/mol. The average Bonchev–Trinajstić information content (AvgIpc) is 2.55. The molecule has 1 N–H and O–H groups in total. The number of aliphatic hydroxyl groups excluding tert-OH is 1. The number of hydrogen-bond acceptors (Lipinski definition) is 1. The first-order valence-corrected chi connectivity index (χ1v) is 5.34. The first-order valence-electron chi connectivity index (χ1n) is 4.91. The Balaban J connectivity index is 2.21. The fraction of sp³-hybridized carbons (Fsp3) is 0.333. The third kappa shape index (κ3) is 0.963. The van der Waals surface area contributed by atoms with Crippen LogP contribution in [-0.2, 0) is 0 Å². The Hall–Kier alpha value is -0.950. The van der Waals surface area contributed by atoms with Crippen LogP contribution in [0.1, 0.15) is 28.8 Å². The van der Waals surface area contributed by atoms with Crippen LogP contribution in [0.25, 0.3) is 0 Å². The first kappa shape index (κ1) is 8.37. The number of rotatable bonds is 0. The summed E-state index contributed by atoms with van der Waals surface area (Å²) in [6, 6.07) is 8.16. The molecule has 2 bridgehead atoms. The van der Waals surface area contributed by atoms with Crippen molar-refractivity contribution in [2.45, 2.75) is 17.7 Å². The highest BCUT2D eigenvalue weighted by Gasteiger charge is 2.39. The number of alkyl halides is 1. The van der Waals surface area contributed by atoms with E-state index in [0.717, 1.165) is 6.42 Å². The van der Waals surface area contributed by atoms with Gasteiger partial charge in [-0.3, -0.25) is 0 Å². The second kappa shape index (κ2) is 2.77. The van der Waals surface area contributed by atoms with Crippen LogP contribution in [0.15, 0.2) is 36.1 Å². The summed E-state index contributed by atoms with van der Waals surface area (Å²) in [4.78, 5) is 0. The van der Waals surface area contributed by atoms with E-state index in [4.69, 9.17) is 11.6 Å². The Morgan fingerprint density at radius 1 is 1.21 bits per heavy atom. The third-order valence-corrected chi connectivity index (χ3v) is 3.85. The molecule has 0 fully saturated rings. The van der Waals surface area contributed by atoms with Crippen molar-refractivity contribution in [3.8, 4) is 0 Å². The van der Waals surface area contributed by atoms with E-state index in [-0.39, 0.29) is 11.3 Å². The highest BCUT2D eigenvalue weighted by atomic mass is 35.5. The van der Waals surface area contributed by atoms with Gasteiger partial charge in [0, 0.05) is 11.8 Å². The van der Waals surface area contributed by atoms with E-state index >= 15 is 0 Å². The summed E-state index contributed by atoms with van der Waals surface area (Å²) in [5.74, 6) is 1.02. The van der Waals surface area contributed by atoms with Crippen molar-refractivity contribution in [3.05, 3.63) is 47.2 Å². The molecule has 0 amide bonds. The molecule has 1 aromatic rings. The average molecular weight is 207 g/mol. The van der Waals surface area contributed by atoms with Crippen LogP contribution < -0.4 is 0 Å². The molecule has 0 radical (unpaired) electrons. The lowest BCUT2D eigenvalue weighted by atomic mass is 9.81. The van der Waals surface area contributed by atoms with Crippen molar-refractivity contribution in [1.82, 2.24) is 0 Å². The molecule has 72 valence electrons. The molecule has 0 spiro atoms. The van der Waals surface area contributed by atoms with Crippen molar-refractivity contribution in [1.29, 1.82) is 0 Å². The SMILES string of the molecule is OC1=CC2CC1c1ccccc1C2Cl. The van der Waals surface area contributed by atoms with Gasteiger partial charge >= 0.3 is 0 Å². The zero-order valence-electron chi connectivity index (χ0n) is 7.65. The molecule has 0 aromatic heterocycles. The standard InChI is InChI=1S/C12H11ClO/c13-12-7-5-10(11(14)6-7)8-3-1-2-4-9(8)12/h1-4,6-7,10,12,14H,5H2. The minimum atomic E-state index is 0.0344. The smallest absolute Gasteiger partial charge is 0.0961 e. The Labute approximate surface area is 88.0 Å². The maximum Gasteiger partial charge on any atom is 0.0961 e. The van der Waals surface area contributed by atoms with E-state index in [0.29, 0.717) is 11.7 Å².